The summed E-state index contributed by atoms with van der Waals surface area (Å²) in [6.45, 7) is 18.1. The average molecular weight is 196 g/mol. The molecule has 0 aliphatic heterocycles. The molecule has 1 atom stereocenters. The van der Waals surface area contributed by atoms with Gasteiger partial charge in [-0.3, -0.25) is 0 Å². The summed E-state index contributed by atoms with van der Waals surface area (Å²) in [5.41, 5.74) is 1.26. The smallest absolute Gasteiger partial charge is 0.0132 e. The van der Waals surface area contributed by atoms with Crippen molar-refractivity contribution >= 4 is 0 Å². The Morgan fingerprint density at radius 3 is 1.50 bits per heavy atom. The molecule has 0 saturated heterocycles. The van der Waals surface area contributed by atoms with Crippen molar-refractivity contribution in [1.82, 2.24) is 0 Å². The van der Waals surface area contributed by atoms with E-state index in [1.54, 1.807) is 0 Å². The summed E-state index contributed by atoms with van der Waals surface area (Å²) >= 11 is 0. The molecule has 1 unspecified atom stereocenters. The van der Waals surface area contributed by atoms with Crippen molar-refractivity contribution in [2.75, 3.05) is 0 Å². The third-order valence-corrected chi connectivity index (χ3v) is 3.98. The van der Waals surface area contributed by atoms with Gasteiger partial charge in [0.25, 0.3) is 0 Å². The first kappa shape index (κ1) is 13.7. The van der Waals surface area contributed by atoms with Crippen LogP contribution in [0.5, 0.6) is 0 Å². The Kier molecular flexibility index (Phi) is 3.33. The Morgan fingerprint density at radius 1 is 1.07 bits per heavy atom. The van der Waals surface area contributed by atoms with Crippen LogP contribution in [0.25, 0.3) is 0 Å². The zero-order valence-corrected chi connectivity index (χ0v) is 10.1. The lowest BCUT2D eigenvalue weighted by molar-refractivity contribution is 0.0636. The molecule has 0 heteroatoms. The van der Waals surface area contributed by atoms with E-state index < -0.39 is 0 Å². The van der Waals surface area contributed by atoms with Gasteiger partial charge in [0.2, 0.25) is 0 Å². The molecule has 1 aliphatic carbocycles. The normalized spacial score (nSPS) is 25.1. The Morgan fingerprint density at radius 2 is 1.43 bits per heavy atom. The van der Waals surface area contributed by atoms with E-state index in [0.29, 0.717) is 16.2 Å². The Labute approximate surface area is 90.8 Å². The molecule has 14 heavy (non-hydrogen) atoms. The average Bonchev–Trinajstić information content (AvgIpc) is 2.57. The van der Waals surface area contributed by atoms with Crippen molar-refractivity contribution in [3.05, 3.63) is 12.7 Å². The van der Waals surface area contributed by atoms with E-state index in [1.165, 1.54) is 6.42 Å². The predicted molar refractivity (Wildman–Crippen MR) is 66.4 cm³/mol. The highest BCUT2D eigenvalue weighted by molar-refractivity contribution is 5.19. The molecule has 0 spiro atoms. The Hall–Kier alpha value is -0.260. The lowest BCUT2D eigenvalue weighted by Gasteiger charge is -2.43. The minimum atomic E-state index is 0. The van der Waals surface area contributed by atoms with Crippen LogP contribution in [0.4, 0.5) is 0 Å². The van der Waals surface area contributed by atoms with Crippen molar-refractivity contribution in [3.63, 3.8) is 0 Å². The first-order valence-electron chi connectivity index (χ1n) is 5.29. The first-order chi connectivity index (χ1) is 5.67. The molecular formula is C14H28. The maximum atomic E-state index is 3.94. The highest BCUT2D eigenvalue weighted by Crippen LogP contribution is 2.71. The summed E-state index contributed by atoms with van der Waals surface area (Å²) < 4.78 is 0. The summed E-state index contributed by atoms with van der Waals surface area (Å²) in [5, 5.41) is 0. The van der Waals surface area contributed by atoms with E-state index in [9.17, 15) is 0 Å². The molecular weight excluding hydrogens is 168 g/mol. The van der Waals surface area contributed by atoms with E-state index in [0.717, 1.165) is 5.92 Å². The van der Waals surface area contributed by atoms with Crippen LogP contribution >= 0.6 is 0 Å². The third-order valence-electron chi connectivity index (χ3n) is 3.98. The maximum absolute atomic E-state index is 3.94. The molecule has 0 nitrogen and oxygen atoms in total. The van der Waals surface area contributed by atoms with Crippen LogP contribution in [-0.4, -0.2) is 0 Å². The summed E-state index contributed by atoms with van der Waals surface area (Å²) in [4.78, 5) is 0. The standard InChI is InChI=1S/C13H24.CH4/c1-8-10-9-13(10,11(2,3)4)12(5,6)7;/h8,10H,1,9H2,2-7H3;1H4. The zero-order valence-electron chi connectivity index (χ0n) is 10.1. The molecule has 0 aromatic rings. The summed E-state index contributed by atoms with van der Waals surface area (Å²) in [6, 6.07) is 0. The van der Waals surface area contributed by atoms with Gasteiger partial charge in [0.05, 0.1) is 0 Å². The lowest BCUT2D eigenvalue weighted by atomic mass is 9.62. The van der Waals surface area contributed by atoms with Crippen LogP contribution in [0.15, 0.2) is 12.7 Å². The van der Waals surface area contributed by atoms with Crippen LogP contribution < -0.4 is 0 Å². The maximum Gasteiger partial charge on any atom is -0.0132 e. The van der Waals surface area contributed by atoms with E-state index in [2.05, 4.69) is 54.2 Å². The van der Waals surface area contributed by atoms with Gasteiger partial charge in [-0.05, 0) is 28.6 Å². The second-order valence-corrected chi connectivity index (χ2v) is 6.52. The van der Waals surface area contributed by atoms with Gasteiger partial charge in [-0.25, -0.2) is 0 Å². The van der Waals surface area contributed by atoms with E-state index in [4.69, 9.17) is 0 Å². The molecule has 0 N–H and O–H groups in total. The van der Waals surface area contributed by atoms with Crippen molar-refractivity contribution in [1.29, 1.82) is 0 Å². The van der Waals surface area contributed by atoms with Gasteiger partial charge >= 0.3 is 0 Å². The molecule has 0 heterocycles. The van der Waals surface area contributed by atoms with Crippen LogP contribution in [0.3, 0.4) is 0 Å². The second kappa shape index (κ2) is 3.40. The molecule has 84 valence electrons. The van der Waals surface area contributed by atoms with Crippen LogP contribution in [0.2, 0.25) is 0 Å². The van der Waals surface area contributed by atoms with Crippen LogP contribution in [-0.2, 0) is 0 Å². The van der Waals surface area contributed by atoms with Gasteiger partial charge in [-0.15, -0.1) is 6.58 Å². The summed E-state index contributed by atoms with van der Waals surface area (Å²) in [7, 11) is 0. The molecule has 0 amide bonds. The van der Waals surface area contributed by atoms with Crippen molar-refractivity contribution in [3.8, 4) is 0 Å². The molecule has 0 aromatic heterocycles. The third kappa shape index (κ3) is 1.64. The molecule has 0 aromatic carbocycles. The van der Waals surface area contributed by atoms with Gasteiger partial charge in [0, 0.05) is 0 Å². The molecule has 1 rings (SSSR count). The van der Waals surface area contributed by atoms with Gasteiger partial charge in [0.1, 0.15) is 0 Å². The fourth-order valence-corrected chi connectivity index (χ4v) is 3.42. The summed E-state index contributed by atoms with van der Waals surface area (Å²) in [5.74, 6) is 0.729. The van der Waals surface area contributed by atoms with Crippen molar-refractivity contribution in [2.45, 2.75) is 55.4 Å². The van der Waals surface area contributed by atoms with Crippen molar-refractivity contribution in [2.24, 2.45) is 22.2 Å². The second-order valence-electron chi connectivity index (χ2n) is 6.52. The first-order valence-corrected chi connectivity index (χ1v) is 5.29. The Balaban J connectivity index is 0.00000169. The fourth-order valence-electron chi connectivity index (χ4n) is 3.42. The monoisotopic (exact) mass is 196 g/mol. The fraction of sp³-hybridized carbons (Fsp3) is 0.857. The number of hydrogen-bond acceptors (Lipinski definition) is 0. The van der Waals surface area contributed by atoms with E-state index in [-0.39, 0.29) is 7.43 Å². The molecule has 0 radical (unpaired) electrons. The minimum absolute atomic E-state index is 0. The number of hydrogen-bond donors (Lipinski definition) is 0. The number of allylic oxidation sites excluding steroid dienone is 1. The molecule has 1 aliphatic rings. The van der Waals surface area contributed by atoms with E-state index >= 15 is 0 Å². The quantitative estimate of drug-likeness (QED) is 0.523. The van der Waals surface area contributed by atoms with Crippen LogP contribution in [0, 0.1) is 22.2 Å². The lowest BCUT2D eigenvalue weighted by Crippen LogP contribution is -2.36. The van der Waals surface area contributed by atoms with Crippen molar-refractivity contribution < 1.29 is 0 Å². The van der Waals surface area contributed by atoms with E-state index in [1.807, 2.05) is 0 Å². The van der Waals surface area contributed by atoms with Crippen LogP contribution in [0.1, 0.15) is 55.4 Å². The predicted octanol–water partition coefficient (Wildman–Crippen LogP) is 4.91. The highest BCUT2D eigenvalue weighted by Gasteiger charge is 2.65. The van der Waals surface area contributed by atoms with Gasteiger partial charge in [-0.2, -0.15) is 0 Å². The molecule has 1 fully saturated rings. The van der Waals surface area contributed by atoms with Gasteiger partial charge in [0.15, 0.2) is 0 Å². The minimum Gasteiger partial charge on any atom is -0.103 e. The number of rotatable bonds is 1. The van der Waals surface area contributed by atoms with Gasteiger partial charge < -0.3 is 0 Å². The topological polar surface area (TPSA) is 0 Å². The SMILES string of the molecule is C.C=CC1CC1(C(C)(C)C)C(C)(C)C. The Bertz CT molecular complexity index is 195. The van der Waals surface area contributed by atoms with Gasteiger partial charge in [-0.1, -0.05) is 55.0 Å². The molecule has 1 saturated carbocycles. The zero-order chi connectivity index (χ0) is 10.5. The molecule has 0 bridgehead atoms. The highest BCUT2D eigenvalue weighted by atomic mass is 14.7. The summed E-state index contributed by atoms with van der Waals surface area (Å²) in [6.07, 6.45) is 3.47. The largest absolute Gasteiger partial charge is 0.103 e.